The van der Waals surface area contributed by atoms with E-state index in [1.165, 1.54) is 18.1 Å². The Labute approximate surface area is 90.9 Å². The van der Waals surface area contributed by atoms with E-state index in [0.717, 1.165) is 0 Å². The third-order valence-corrected chi connectivity index (χ3v) is 1.86. The number of methoxy groups -OCH3 is 1. The Bertz CT molecular complexity index is 522. The summed E-state index contributed by atoms with van der Waals surface area (Å²) in [5, 5.41) is 3.91. The largest absolute Gasteiger partial charge is 0.463 e. The second kappa shape index (κ2) is 3.97. The van der Waals surface area contributed by atoms with Gasteiger partial charge in [-0.05, 0) is 6.07 Å². The molecule has 2 N–H and O–H groups in total. The molecule has 0 aliphatic rings. The van der Waals surface area contributed by atoms with Crippen LogP contribution in [0.25, 0.3) is 5.82 Å². The molecule has 2 aromatic rings. The zero-order valence-corrected chi connectivity index (χ0v) is 8.49. The maximum absolute atomic E-state index is 11.1. The van der Waals surface area contributed by atoms with E-state index in [9.17, 15) is 4.79 Å². The monoisotopic (exact) mass is 219 g/mol. The highest BCUT2D eigenvalue weighted by molar-refractivity contribution is 5.84. The number of pyridine rings is 1. The first kappa shape index (κ1) is 10.1. The minimum Gasteiger partial charge on any atom is -0.463 e. The van der Waals surface area contributed by atoms with Gasteiger partial charge in [0.15, 0.2) is 5.82 Å². The first-order valence-corrected chi connectivity index (χ1v) is 4.42. The molecule has 2 heterocycles. The van der Waals surface area contributed by atoms with E-state index in [2.05, 4.69) is 19.8 Å². The molecule has 16 heavy (non-hydrogen) atoms. The van der Waals surface area contributed by atoms with Crippen molar-refractivity contribution in [2.75, 3.05) is 12.8 Å². The molecule has 0 unspecified atom stereocenters. The Morgan fingerprint density at radius 1 is 1.50 bits per heavy atom. The van der Waals surface area contributed by atoms with Crippen LogP contribution >= 0.6 is 0 Å². The van der Waals surface area contributed by atoms with Crippen LogP contribution in [0, 0.1) is 0 Å². The third kappa shape index (κ3) is 1.83. The molecule has 7 nitrogen and oxygen atoms in total. The predicted molar refractivity (Wildman–Crippen MR) is 54.9 cm³/mol. The lowest BCUT2D eigenvalue weighted by molar-refractivity contribution is 0.0587. The molecule has 0 bridgehead atoms. The summed E-state index contributed by atoms with van der Waals surface area (Å²) in [7, 11) is 1.27. The number of nitrogen functional groups attached to an aromatic ring is 1. The Kier molecular flexibility index (Phi) is 2.50. The SMILES string of the molecule is COC(=O)c1ncn(-c2cc(N)ccn2)n1. The Morgan fingerprint density at radius 2 is 2.31 bits per heavy atom. The van der Waals surface area contributed by atoms with Crippen molar-refractivity contribution >= 4 is 11.7 Å². The van der Waals surface area contributed by atoms with E-state index < -0.39 is 5.97 Å². The van der Waals surface area contributed by atoms with Gasteiger partial charge in [-0.2, -0.15) is 0 Å². The smallest absolute Gasteiger partial charge is 0.377 e. The summed E-state index contributed by atoms with van der Waals surface area (Å²) in [4.78, 5) is 18.9. The molecule has 0 saturated carbocycles. The maximum atomic E-state index is 11.1. The molecule has 2 rings (SSSR count). The number of carbonyl (C=O) groups excluding carboxylic acids is 1. The second-order valence-electron chi connectivity index (χ2n) is 2.95. The summed E-state index contributed by atoms with van der Waals surface area (Å²) in [5.41, 5.74) is 6.15. The molecule has 0 amide bonds. The number of esters is 1. The molecular weight excluding hydrogens is 210 g/mol. The Balaban J connectivity index is 2.35. The van der Waals surface area contributed by atoms with Crippen molar-refractivity contribution < 1.29 is 9.53 Å². The second-order valence-corrected chi connectivity index (χ2v) is 2.95. The van der Waals surface area contributed by atoms with E-state index in [0.29, 0.717) is 11.5 Å². The fraction of sp³-hybridized carbons (Fsp3) is 0.111. The molecule has 7 heteroatoms. The van der Waals surface area contributed by atoms with Crippen LogP contribution in [0.1, 0.15) is 10.6 Å². The van der Waals surface area contributed by atoms with Crippen LogP contribution in [0.3, 0.4) is 0 Å². The van der Waals surface area contributed by atoms with E-state index >= 15 is 0 Å². The van der Waals surface area contributed by atoms with E-state index in [-0.39, 0.29) is 5.82 Å². The normalized spacial score (nSPS) is 10.1. The highest BCUT2D eigenvalue weighted by atomic mass is 16.5. The summed E-state index contributed by atoms with van der Waals surface area (Å²) >= 11 is 0. The molecule has 0 saturated heterocycles. The number of hydrogen-bond donors (Lipinski definition) is 1. The number of nitrogens with zero attached hydrogens (tertiary/aromatic N) is 4. The van der Waals surface area contributed by atoms with Crippen molar-refractivity contribution in [1.82, 2.24) is 19.7 Å². The summed E-state index contributed by atoms with van der Waals surface area (Å²) < 4.78 is 5.84. The van der Waals surface area contributed by atoms with Gasteiger partial charge in [0.1, 0.15) is 6.33 Å². The number of hydrogen-bond acceptors (Lipinski definition) is 6. The molecule has 0 aliphatic heterocycles. The topological polar surface area (TPSA) is 95.9 Å². The fourth-order valence-corrected chi connectivity index (χ4v) is 1.12. The number of carbonyl (C=O) groups is 1. The van der Waals surface area contributed by atoms with Crippen molar-refractivity contribution in [3.05, 3.63) is 30.5 Å². The van der Waals surface area contributed by atoms with E-state index in [4.69, 9.17) is 5.73 Å². The van der Waals surface area contributed by atoms with Gasteiger partial charge < -0.3 is 10.5 Å². The molecule has 0 spiro atoms. The van der Waals surface area contributed by atoms with Gasteiger partial charge in [-0.3, -0.25) is 0 Å². The van der Waals surface area contributed by atoms with Gasteiger partial charge in [-0.15, -0.1) is 5.10 Å². The average molecular weight is 219 g/mol. The number of ether oxygens (including phenoxy) is 1. The van der Waals surface area contributed by atoms with Crippen molar-refractivity contribution in [2.45, 2.75) is 0 Å². The maximum Gasteiger partial charge on any atom is 0.377 e. The van der Waals surface area contributed by atoms with Gasteiger partial charge in [-0.1, -0.05) is 0 Å². The minimum atomic E-state index is -0.595. The van der Waals surface area contributed by atoms with Gasteiger partial charge in [0, 0.05) is 18.0 Å². The zero-order valence-electron chi connectivity index (χ0n) is 8.49. The van der Waals surface area contributed by atoms with Crippen LogP contribution in [0.2, 0.25) is 0 Å². The molecular formula is C9H9N5O2. The Morgan fingerprint density at radius 3 is 3.00 bits per heavy atom. The van der Waals surface area contributed by atoms with Crippen LogP contribution in [-0.4, -0.2) is 32.8 Å². The summed E-state index contributed by atoms with van der Waals surface area (Å²) in [6, 6.07) is 3.28. The number of nitrogens with two attached hydrogens (primary N) is 1. The first-order chi connectivity index (χ1) is 7.70. The number of anilines is 1. The molecule has 0 aromatic carbocycles. The summed E-state index contributed by atoms with van der Waals surface area (Å²) in [6.45, 7) is 0. The Hall–Kier alpha value is -2.44. The molecule has 82 valence electrons. The molecule has 0 fully saturated rings. The molecule has 2 aromatic heterocycles. The standard InChI is InChI=1S/C9H9N5O2/c1-16-9(15)8-12-5-14(13-8)7-4-6(10)2-3-11-7/h2-5H,1H3,(H2,10,11). The minimum absolute atomic E-state index is 0.0216. The van der Waals surface area contributed by atoms with Crippen molar-refractivity contribution in [1.29, 1.82) is 0 Å². The lowest BCUT2D eigenvalue weighted by Gasteiger charge is -1.99. The van der Waals surface area contributed by atoms with Crippen molar-refractivity contribution in [3.8, 4) is 5.82 Å². The average Bonchev–Trinajstić information content (AvgIpc) is 2.77. The number of rotatable bonds is 2. The van der Waals surface area contributed by atoms with Crippen molar-refractivity contribution in [3.63, 3.8) is 0 Å². The molecule has 0 radical (unpaired) electrons. The van der Waals surface area contributed by atoms with Crippen LogP contribution in [0.5, 0.6) is 0 Å². The van der Waals surface area contributed by atoms with Crippen LogP contribution < -0.4 is 5.73 Å². The molecule has 0 aliphatic carbocycles. The van der Waals surface area contributed by atoms with Crippen LogP contribution in [0.15, 0.2) is 24.7 Å². The fourth-order valence-electron chi connectivity index (χ4n) is 1.12. The summed E-state index contributed by atoms with van der Waals surface area (Å²) in [5.74, 6) is -0.128. The van der Waals surface area contributed by atoms with Crippen LogP contribution in [-0.2, 0) is 4.74 Å². The van der Waals surface area contributed by atoms with Gasteiger partial charge in [0.25, 0.3) is 5.82 Å². The third-order valence-electron chi connectivity index (χ3n) is 1.86. The van der Waals surface area contributed by atoms with Gasteiger partial charge in [-0.25, -0.2) is 19.4 Å². The van der Waals surface area contributed by atoms with Crippen molar-refractivity contribution in [2.24, 2.45) is 0 Å². The quantitative estimate of drug-likeness (QED) is 0.716. The lowest BCUT2D eigenvalue weighted by Crippen LogP contribution is -2.06. The highest BCUT2D eigenvalue weighted by Gasteiger charge is 2.12. The lowest BCUT2D eigenvalue weighted by atomic mass is 10.4. The molecule has 0 atom stereocenters. The van der Waals surface area contributed by atoms with Gasteiger partial charge in [0.2, 0.25) is 0 Å². The zero-order chi connectivity index (χ0) is 11.5. The highest BCUT2D eigenvalue weighted by Crippen LogP contribution is 2.07. The predicted octanol–water partition coefficient (Wildman–Crippen LogP) is 0.0311. The van der Waals surface area contributed by atoms with Gasteiger partial charge >= 0.3 is 5.97 Å². The summed E-state index contributed by atoms with van der Waals surface area (Å²) in [6.07, 6.45) is 2.91. The van der Waals surface area contributed by atoms with Crippen LogP contribution in [0.4, 0.5) is 5.69 Å². The van der Waals surface area contributed by atoms with E-state index in [1.54, 1.807) is 18.3 Å². The first-order valence-electron chi connectivity index (χ1n) is 4.42. The van der Waals surface area contributed by atoms with Gasteiger partial charge in [0.05, 0.1) is 7.11 Å². The van der Waals surface area contributed by atoms with E-state index in [1.807, 2.05) is 0 Å². The number of aromatic nitrogens is 4.